The van der Waals surface area contributed by atoms with Crippen LogP contribution in [-0.4, -0.2) is 52.4 Å². The molecule has 0 aromatic rings. The van der Waals surface area contributed by atoms with Gasteiger partial charge in [-0.2, -0.15) is 0 Å². The second-order valence-corrected chi connectivity index (χ2v) is 7.24. The molecule has 0 unspecified atom stereocenters. The molecule has 4 N–H and O–H groups in total. The van der Waals surface area contributed by atoms with Crippen LogP contribution in [0, 0.1) is 0 Å². The van der Waals surface area contributed by atoms with Crippen LogP contribution in [0.4, 0.5) is 0 Å². The summed E-state index contributed by atoms with van der Waals surface area (Å²) < 4.78 is 0. The summed E-state index contributed by atoms with van der Waals surface area (Å²) in [6.07, 6.45) is 16.9. The Kier molecular flexibility index (Phi) is 69.4. The minimum atomic E-state index is 1.25. The van der Waals surface area contributed by atoms with Gasteiger partial charge < -0.3 is 21.3 Å². The van der Waals surface area contributed by atoms with Crippen molar-refractivity contribution in [3.8, 4) is 0 Å². The van der Waals surface area contributed by atoms with E-state index in [1.165, 1.54) is 129 Å². The molecule has 4 aliphatic rings. The number of hydrogen-bond donors (Lipinski definition) is 4. The summed E-state index contributed by atoms with van der Waals surface area (Å²) in [7, 11) is 18.3. The third kappa shape index (κ3) is 47.2. The number of piperidine rings is 4. The quantitative estimate of drug-likeness (QED) is 0.233. The van der Waals surface area contributed by atoms with Gasteiger partial charge in [0.2, 0.25) is 0 Å². The van der Waals surface area contributed by atoms with E-state index in [4.69, 9.17) is 0 Å². The normalized spacial score (nSPS) is 18.9. The summed E-state index contributed by atoms with van der Waals surface area (Å²) in [5, 5.41) is 13.1. The molecule has 0 aromatic heterocycles. The van der Waals surface area contributed by atoms with E-state index in [1.807, 2.05) is 0 Å². The molecular formula is C20H44Au4Cl4N4. The molecule has 4 nitrogen and oxygen atoms in total. The zero-order valence-electron chi connectivity index (χ0n) is 18.9. The fraction of sp³-hybridized carbons (Fsp3) is 1.00. The van der Waals surface area contributed by atoms with Crippen molar-refractivity contribution in [3.05, 3.63) is 0 Å². The molecule has 32 heavy (non-hydrogen) atoms. The molecule has 0 aliphatic carbocycles. The monoisotopic (exact) mass is 1270 g/mol. The first-order chi connectivity index (χ1) is 16.0. The molecule has 0 saturated carbocycles. The van der Waals surface area contributed by atoms with E-state index in [0.29, 0.717) is 0 Å². The van der Waals surface area contributed by atoms with Crippen LogP contribution in [0.25, 0.3) is 0 Å². The van der Waals surface area contributed by atoms with Crippen molar-refractivity contribution in [2.45, 2.75) is 77.0 Å². The Morgan fingerprint density at radius 3 is 0.406 bits per heavy atom. The van der Waals surface area contributed by atoms with Gasteiger partial charge in [0, 0.05) is 0 Å². The summed E-state index contributed by atoms with van der Waals surface area (Å²) in [5.74, 6) is 0. The second-order valence-electron chi connectivity index (χ2n) is 7.24. The van der Waals surface area contributed by atoms with E-state index < -0.39 is 0 Å². The van der Waals surface area contributed by atoms with Gasteiger partial charge in [0.25, 0.3) is 0 Å². The van der Waals surface area contributed by atoms with Gasteiger partial charge in [-0.1, -0.05) is 25.7 Å². The Labute approximate surface area is 264 Å². The average molecular weight is 1270 g/mol. The van der Waals surface area contributed by atoms with Gasteiger partial charge in [0.05, 0.1) is 0 Å². The fourth-order valence-corrected chi connectivity index (χ4v) is 3.21. The first-order valence-corrected chi connectivity index (χ1v) is 22.0. The average Bonchev–Trinajstić information content (AvgIpc) is 2.98. The maximum absolute atomic E-state index is 4.58. The molecule has 4 saturated heterocycles. The van der Waals surface area contributed by atoms with E-state index >= 15 is 0 Å². The first-order valence-electron chi connectivity index (χ1n) is 11.3. The van der Waals surface area contributed by atoms with Gasteiger partial charge in [-0.3, -0.25) is 0 Å². The zero-order valence-corrected chi connectivity index (χ0v) is 30.5. The number of nitrogens with one attached hydrogen (secondary N) is 4. The van der Waals surface area contributed by atoms with E-state index in [-0.39, 0.29) is 0 Å². The third-order valence-electron chi connectivity index (χ3n) is 4.83. The molecule has 0 atom stereocenters. The standard InChI is InChI=1S/4C5H11N.4Au.4ClH/c4*1-2-4-6-5-3-1;;;;;;;;/h4*6H,1-5H2;;;;;4*1H/q;;;;4*+1;;;;/p-4. The summed E-state index contributed by atoms with van der Waals surface area (Å²) in [5.41, 5.74) is 0. The van der Waals surface area contributed by atoms with Gasteiger partial charge in [-0.15, -0.1) is 0 Å². The van der Waals surface area contributed by atoms with Crippen LogP contribution in [0.1, 0.15) is 77.0 Å². The molecule has 0 spiro atoms. The molecule has 0 radical (unpaired) electrons. The SMILES string of the molecule is C1CCNCC1.C1CCNCC1.C1CCNCC1.C1CCNCC1.[Cl][Au].[Cl][Au].[Cl][Au].[Cl][Au]. The topological polar surface area (TPSA) is 48.1 Å². The third-order valence-corrected chi connectivity index (χ3v) is 4.83. The van der Waals surface area contributed by atoms with Gasteiger partial charge in [0.15, 0.2) is 0 Å². The Hall–Kier alpha value is 3.96. The Morgan fingerprint density at radius 2 is 0.375 bits per heavy atom. The van der Waals surface area contributed by atoms with Crippen molar-refractivity contribution in [1.82, 2.24) is 21.3 Å². The molecule has 0 bridgehead atoms. The van der Waals surface area contributed by atoms with E-state index in [2.05, 4.69) is 58.0 Å². The Morgan fingerprint density at radius 1 is 0.250 bits per heavy atom. The van der Waals surface area contributed by atoms with Crippen LogP contribution in [0.5, 0.6) is 0 Å². The fourth-order valence-electron chi connectivity index (χ4n) is 3.21. The summed E-state index contributed by atoms with van der Waals surface area (Å²) >= 11 is 7.00. The first kappa shape index (κ1) is 43.0. The van der Waals surface area contributed by atoms with Crippen molar-refractivity contribution in [1.29, 1.82) is 0 Å². The molecule has 4 rings (SSSR count). The summed E-state index contributed by atoms with van der Waals surface area (Å²) in [6.45, 7) is 10.0. The zero-order chi connectivity index (χ0) is 25.0. The van der Waals surface area contributed by atoms with Crippen LogP contribution < -0.4 is 21.3 Å². The molecule has 12 heteroatoms. The van der Waals surface area contributed by atoms with Crippen molar-refractivity contribution in [3.63, 3.8) is 0 Å². The van der Waals surface area contributed by atoms with Gasteiger partial charge >= 0.3 is 117 Å². The predicted molar refractivity (Wildman–Crippen MR) is 130 cm³/mol. The summed E-state index contributed by atoms with van der Waals surface area (Å²) in [6, 6.07) is 0. The molecular weight excluding hydrogens is 1230 g/mol. The van der Waals surface area contributed by atoms with Gasteiger partial charge in [-0.05, 0) is 104 Å². The molecule has 216 valence electrons. The molecule has 0 aromatic carbocycles. The number of halogens is 4. The summed E-state index contributed by atoms with van der Waals surface area (Å²) in [4.78, 5) is 0. The molecule has 4 fully saturated rings. The van der Waals surface area contributed by atoms with Crippen LogP contribution in [-0.2, 0) is 79.9 Å². The van der Waals surface area contributed by atoms with E-state index in [1.54, 1.807) is 79.9 Å². The molecule has 4 heterocycles. The van der Waals surface area contributed by atoms with Crippen LogP contribution in [0.15, 0.2) is 0 Å². The van der Waals surface area contributed by atoms with Crippen LogP contribution in [0.2, 0.25) is 0 Å². The molecule has 4 aliphatic heterocycles. The van der Waals surface area contributed by atoms with E-state index in [9.17, 15) is 0 Å². The van der Waals surface area contributed by atoms with Crippen molar-refractivity contribution < 1.29 is 79.9 Å². The predicted octanol–water partition coefficient (Wildman–Crippen LogP) is 5.79. The number of hydrogen-bond acceptors (Lipinski definition) is 4. The van der Waals surface area contributed by atoms with Crippen molar-refractivity contribution in [2.24, 2.45) is 0 Å². The van der Waals surface area contributed by atoms with E-state index in [0.717, 1.165) is 0 Å². The second kappa shape index (κ2) is 51.6. The van der Waals surface area contributed by atoms with Crippen LogP contribution in [0.3, 0.4) is 0 Å². The number of rotatable bonds is 0. The van der Waals surface area contributed by atoms with Crippen molar-refractivity contribution >= 4 is 36.8 Å². The minimum absolute atomic E-state index is 1.25. The molecule has 0 amide bonds. The van der Waals surface area contributed by atoms with Crippen LogP contribution >= 0.6 is 36.8 Å². The van der Waals surface area contributed by atoms with Crippen molar-refractivity contribution in [2.75, 3.05) is 52.4 Å². The van der Waals surface area contributed by atoms with Gasteiger partial charge in [-0.25, -0.2) is 0 Å². The maximum atomic E-state index is 4.58. The Bertz CT molecular complexity index is 160. The Balaban J connectivity index is -0.000000148. The van der Waals surface area contributed by atoms with Gasteiger partial charge in [0.1, 0.15) is 0 Å².